The molecule has 1 aromatic heterocycles. The molecular formula is C15H16ClN3O2S. The second kappa shape index (κ2) is 8.00. The Morgan fingerprint density at radius 3 is 2.95 bits per heavy atom. The third-order valence-electron chi connectivity index (χ3n) is 2.79. The maximum Gasteiger partial charge on any atom is 0.343 e. The molecule has 0 radical (unpaired) electrons. The van der Waals surface area contributed by atoms with E-state index in [9.17, 15) is 4.79 Å². The molecule has 1 heterocycles. The molecule has 0 amide bonds. The van der Waals surface area contributed by atoms with Crippen LogP contribution in [0, 0.1) is 0 Å². The number of nitrogens with zero attached hydrogens (tertiary/aromatic N) is 2. The zero-order valence-electron chi connectivity index (χ0n) is 12.3. The number of ether oxygens (including phenoxy) is 1. The quantitative estimate of drug-likeness (QED) is 0.493. The Balaban J connectivity index is 2.21. The number of aromatic nitrogens is 2. The minimum atomic E-state index is -0.441. The molecule has 7 heteroatoms. The molecule has 0 fully saturated rings. The first-order valence-electron chi connectivity index (χ1n) is 6.70. The SMILES string of the molecule is CCOC(=O)c1cnc(SC)nc1NCc1cccc(Cl)c1. The number of carbonyl (C=O) groups is 1. The highest BCUT2D eigenvalue weighted by Gasteiger charge is 2.15. The molecule has 0 bridgehead atoms. The second-order valence-corrected chi connectivity index (χ2v) is 5.53. The smallest absolute Gasteiger partial charge is 0.343 e. The number of nitrogens with one attached hydrogen (secondary N) is 1. The first-order chi connectivity index (χ1) is 10.6. The van der Waals surface area contributed by atoms with Crippen LogP contribution >= 0.6 is 23.4 Å². The normalized spacial score (nSPS) is 10.3. The van der Waals surface area contributed by atoms with Crippen LogP contribution in [0.2, 0.25) is 5.02 Å². The van der Waals surface area contributed by atoms with Gasteiger partial charge < -0.3 is 10.1 Å². The third-order valence-corrected chi connectivity index (χ3v) is 3.59. The Kier molecular flexibility index (Phi) is 6.03. The van der Waals surface area contributed by atoms with Gasteiger partial charge in [0, 0.05) is 17.8 Å². The molecule has 0 atom stereocenters. The number of rotatable bonds is 6. The highest BCUT2D eigenvalue weighted by atomic mass is 35.5. The van der Waals surface area contributed by atoms with Crippen LogP contribution in [0.3, 0.4) is 0 Å². The fourth-order valence-electron chi connectivity index (χ4n) is 1.79. The van der Waals surface area contributed by atoms with Crippen LogP contribution in [0.25, 0.3) is 0 Å². The van der Waals surface area contributed by atoms with Crippen molar-refractivity contribution in [1.82, 2.24) is 9.97 Å². The molecular weight excluding hydrogens is 322 g/mol. The molecule has 116 valence electrons. The molecule has 2 aromatic rings. The number of benzene rings is 1. The van der Waals surface area contributed by atoms with Gasteiger partial charge >= 0.3 is 5.97 Å². The van der Waals surface area contributed by atoms with Crippen molar-refractivity contribution in [3.63, 3.8) is 0 Å². The summed E-state index contributed by atoms with van der Waals surface area (Å²) in [6, 6.07) is 7.49. The first kappa shape index (κ1) is 16.6. The van der Waals surface area contributed by atoms with E-state index >= 15 is 0 Å². The maximum absolute atomic E-state index is 12.0. The summed E-state index contributed by atoms with van der Waals surface area (Å²) >= 11 is 7.37. The Morgan fingerprint density at radius 2 is 2.27 bits per heavy atom. The van der Waals surface area contributed by atoms with Crippen LogP contribution in [0.4, 0.5) is 5.82 Å². The Bertz CT molecular complexity index is 667. The summed E-state index contributed by atoms with van der Waals surface area (Å²) in [4.78, 5) is 20.4. The van der Waals surface area contributed by atoms with E-state index in [4.69, 9.17) is 16.3 Å². The Hall–Kier alpha value is -1.79. The minimum Gasteiger partial charge on any atom is -0.462 e. The van der Waals surface area contributed by atoms with Gasteiger partial charge in [-0.25, -0.2) is 14.8 Å². The van der Waals surface area contributed by atoms with E-state index in [-0.39, 0.29) is 0 Å². The monoisotopic (exact) mass is 337 g/mol. The molecule has 1 N–H and O–H groups in total. The molecule has 5 nitrogen and oxygen atoms in total. The van der Waals surface area contributed by atoms with E-state index in [1.54, 1.807) is 6.92 Å². The lowest BCUT2D eigenvalue weighted by molar-refractivity contribution is 0.0526. The number of thioether (sulfide) groups is 1. The van der Waals surface area contributed by atoms with Crippen LogP contribution in [-0.4, -0.2) is 28.8 Å². The largest absolute Gasteiger partial charge is 0.462 e. The molecule has 0 spiro atoms. The average molecular weight is 338 g/mol. The predicted octanol–water partition coefficient (Wildman–Crippen LogP) is 3.64. The van der Waals surface area contributed by atoms with Gasteiger partial charge in [-0.2, -0.15) is 0 Å². The number of hydrogen-bond donors (Lipinski definition) is 1. The van der Waals surface area contributed by atoms with Crippen molar-refractivity contribution in [1.29, 1.82) is 0 Å². The molecule has 1 aromatic carbocycles. The van der Waals surface area contributed by atoms with E-state index < -0.39 is 5.97 Å². The van der Waals surface area contributed by atoms with Gasteiger partial charge in [-0.05, 0) is 30.9 Å². The summed E-state index contributed by atoms with van der Waals surface area (Å²) in [7, 11) is 0. The van der Waals surface area contributed by atoms with Crippen molar-refractivity contribution in [3.8, 4) is 0 Å². The third kappa shape index (κ3) is 4.35. The van der Waals surface area contributed by atoms with E-state index in [0.717, 1.165) is 5.56 Å². The van der Waals surface area contributed by atoms with Crippen LogP contribution in [-0.2, 0) is 11.3 Å². The molecule has 0 aliphatic heterocycles. The van der Waals surface area contributed by atoms with Crippen LogP contribution in [0.15, 0.2) is 35.6 Å². The summed E-state index contributed by atoms with van der Waals surface area (Å²) < 4.78 is 5.03. The van der Waals surface area contributed by atoms with Gasteiger partial charge in [0.1, 0.15) is 11.4 Å². The van der Waals surface area contributed by atoms with Gasteiger partial charge in [0.2, 0.25) is 0 Å². The second-order valence-electron chi connectivity index (χ2n) is 4.32. The fourth-order valence-corrected chi connectivity index (χ4v) is 2.34. The van der Waals surface area contributed by atoms with Crippen molar-refractivity contribution < 1.29 is 9.53 Å². The average Bonchev–Trinajstić information content (AvgIpc) is 2.53. The highest BCUT2D eigenvalue weighted by molar-refractivity contribution is 7.98. The molecule has 22 heavy (non-hydrogen) atoms. The Labute approximate surface area is 138 Å². The fraction of sp³-hybridized carbons (Fsp3) is 0.267. The maximum atomic E-state index is 12.0. The number of esters is 1. The molecule has 0 saturated carbocycles. The lowest BCUT2D eigenvalue weighted by Crippen LogP contribution is -2.12. The lowest BCUT2D eigenvalue weighted by atomic mass is 10.2. The van der Waals surface area contributed by atoms with Crippen molar-refractivity contribution in [2.75, 3.05) is 18.2 Å². The zero-order chi connectivity index (χ0) is 15.9. The molecule has 0 unspecified atom stereocenters. The number of carbonyl (C=O) groups excluding carboxylic acids is 1. The summed E-state index contributed by atoms with van der Waals surface area (Å²) in [6.45, 7) is 2.56. The Morgan fingerprint density at radius 1 is 1.45 bits per heavy atom. The van der Waals surface area contributed by atoms with E-state index in [0.29, 0.717) is 34.7 Å². The van der Waals surface area contributed by atoms with Crippen LogP contribution in [0.1, 0.15) is 22.8 Å². The molecule has 0 saturated heterocycles. The standard InChI is InChI=1S/C15H16ClN3O2S/c1-3-21-14(20)12-9-18-15(22-2)19-13(12)17-8-10-5-4-6-11(16)7-10/h4-7,9H,3,8H2,1-2H3,(H,17,18,19). The van der Waals surface area contributed by atoms with E-state index in [2.05, 4.69) is 15.3 Å². The van der Waals surface area contributed by atoms with Crippen LogP contribution in [0.5, 0.6) is 0 Å². The number of halogens is 1. The van der Waals surface area contributed by atoms with E-state index in [1.807, 2.05) is 30.5 Å². The molecule has 0 aliphatic carbocycles. The minimum absolute atomic E-state index is 0.302. The summed E-state index contributed by atoms with van der Waals surface area (Å²) in [5, 5.41) is 4.40. The van der Waals surface area contributed by atoms with E-state index in [1.165, 1.54) is 18.0 Å². The number of hydrogen-bond acceptors (Lipinski definition) is 6. The first-order valence-corrected chi connectivity index (χ1v) is 8.30. The van der Waals surface area contributed by atoms with Gasteiger partial charge in [-0.1, -0.05) is 35.5 Å². The highest BCUT2D eigenvalue weighted by Crippen LogP contribution is 2.19. The van der Waals surface area contributed by atoms with Crippen molar-refractivity contribution in [3.05, 3.63) is 46.6 Å². The van der Waals surface area contributed by atoms with Gasteiger partial charge in [0.05, 0.1) is 6.61 Å². The van der Waals surface area contributed by atoms with Gasteiger partial charge in [-0.15, -0.1) is 0 Å². The number of anilines is 1. The van der Waals surface area contributed by atoms with Crippen molar-refractivity contribution in [2.45, 2.75) is 18.6 Å². The van der Waals surface area contributed by atoms with Crippen molar-refractivity contribution in [2.24, 2.45) is 0 Å². The predicted molar refractivity (Wildman–Crippen MR) is 88.5 cm³/mol. The van der Waals surface area contributed by atoms with Gasteiger partial charge in [0.15, 0.2) is 5.16 Å². The lowest BCUT2D eigenvalue weighted by Gasteiger charge is -2.11. The topological polar surface area (TPSA) is 64.1 Å². The van der Waals surface area contributed by atoms with Gasteiger partial charge in [-0.3, -0.25) is 0 Å². The van der Waals surface area contributed by atoms with Crippen LogP contribution < -0.4 is 5.32 Å². The molecule has 2 rings (SSSR count). The molecule has 0 aliphatic rings. The summed E-state index contributed by atoms with van der Waals surface area (Å²) in [6.07, 6.45) is 3.36. The summed E-state index contributed by atoms with van der Waals surface area (Å²) in [5.41, 5.74) is 1.31. The van der Waals surface area contributed by atoms with Gasteiger partial charge in [0.25, 0.3) is 0 Å². The zero-order valence-corrected chi connectivity index (χ0v) is 13.9. The van der Waals surface area contributed by atoms with Crippen molar-refractivity contribution >= 4 is 35.1 Å². The summed E-state index contributed by atoms with van der Waals surface area (Å²) in [5.74, 6) is 0.0153.